The fraction of sp³-hybridized carbons (Fsp3) is 0.727. The van der Waals surface area contributed by atoms with E-state index in [1.54, 1.807) is 6.92 Å². The zero-order chi connectivity index (χ0) is 28.5. The molecule has 37 heavy (non-hydrogen) atoms. The van der Waals surface area contributed by atoms with Crippen molar-refractivity contribution in [1.82, 2.24) is 16.0 Å². The van der Waals surface area contributed by atoms with Crippen molar-refractivity contribution in [2.75, 3.05) is 18.6 Å². The molecule has 0 spiro atoms. The van der Waals surface area contributed by atoms with E-state index < -0.39 is 53.8 Å². The van der Waals surface area contributed by atoms with E-state index in [0.717, 1.165) is 0 Å². The maximum atomic E-state index is 13.2. The summed E-state index contributed by atoms with van der Waals surface area (Å²) in [7, 11) is 0. The smallest absolute Gasteiger partial charge is 0.326 e. The minimum atomic E-state index is -1.17. The van der Waals surface area contributed by atoms with Gasteiger partial charge in [0.1, 0.15) is 18.1 Å². The Balaban J connectivity index is 5.61. The average Bonchev–Trinajstić information content (AvgIpc) is 2.83. The van der Waals surface area contributed by atoms with Gasteiger partial charge < -0.3 is 44.0 Å². The summed E-state index contributed by atoms with van der Waals surface area (Å²) in [6.07, 6.45) is 2.93. The van der Waals surface area contributed by atoms with E-state index in [0.29, 0.717) is 18.6 Å². The van der Waals surface area contributed by atoms with Gasteiger partial charge >= 0.3 is 5.97 Å². The molecule has 5 atom stereocenters. The van der Waals surface area contributed by atoms with Gasteiger partial charge in [0.15, 0.2) is 5.96 Å². The van der Waals surface area contributed by atoms with E-state index in [1.807, 2.05) is 13.2 Å². The lowest BCUT2D eigenvalue weighted by molar-refractivity contribution is -0.144. The van der Waals surface area contributed by atoms with Crippen molar-refractivity contribution in [3.8, 4) is 0 Å². The highest BCUT2D eigenvalue weighted by atomic mass is 32.2. The molecule has 0 heterocycles. The summed E-state index contributed by atoms with van der Waals surface area (Å²) >= 11 is 1.45. The Morgan fingerprint density at radius 3 is 2.00 bits per heavy atom. The summed E-state index contributed by atoms with van der Waals surface area (Å²) in [5, 5.41) is 17.2. The molecule has 0 aliphatic rings. The van der Waals surface area contributed by atoms with Crippen molar-refractivity contribution in [3.63, 3.8) is 0 Å². The Kier molecular flexibility index (Phi) is 16.7. The predicted octanol–water partition coefficient (Wildman–Crippen LogP) is -2.03. The lowest BCUT2D eigenvalue weighted by atomic mass is 9.98. The summed E-state index contributed by atoms with van der Waals surface area (Å²) in [6, 6.07) is -4.32. The van der Waals surface area contributed by atoms with Gasteiger partial charge in [0, 0.05) is 13.0 Å². The minimum absolute atomic E-state index is 0.00551. The predicted molar refractivity (Wildman–Crippen MR) is 142 cm³/mol. The van der Waals surface area contributed by atoms with Crippen LogP contribution in [0.25, 0.3) is 0 Å². The van der Waals surface area contributed by atoms with Crippen molar-refractivity contribution in [3.05, 3.63) is 0 Å². The number of aliphatic imine (C=N–C) groups is 1. The summed E-state index contributed by atoms with van der Waals surface area (Å²) in [6.45, 7) is 3.71. The SMILES string of the molecule is CCC(C)C(NC(=O)C(CCSC)NC(=O)C(CCCN=C(N)N)NC(=O)C(N)CCC(N)=O)C(=O)O. The fourth-order valence-electron chi connectivity index (χ4n) is 3.19. The molecule has 0 aliphatic heterocycles. The highest BCUT2D eigenvalue weighted by Crippen LogP contribution is 2.10. The third kappa shape index (κ3) is 14.3. The monoisotopic (exact) mass is 546 g/mol. The number of hydrogen-bond acceptors (Lipinski definition) is 8. The van der Waals surface area contributed by atoms with Crippen LogP contribution in [0.15, 0.2) is 4.99 Å². The van der Waals surface area contributed by atoms with Crippen molar-refractivity contribution in [2.24, 2.45) is 33.8 Å². The number of guanidine groups is 1. The first kappa shape index (κ1) is 33.9. The highest BCUT2D eigenvalue weighted by molar-refractivity contribution is 7.98. The number of carbonyl (C=O) groups excluding carboxylic acids is 4. The second-order valence-electron chi connectivity index (χ2n) is 8.67. The van der Waals surface area contributed by atoms with Gasteiger partial charge in [0.25, 0.3) is 0 Å². The van der Waals surface area contributed by atoms with E-state index in [9.17, 15) is 29.1 Å². The molecule has 0 saturated heterocycles. The molecule has 0 fully saturated rings. The first-order chi connectivity index (χ1) is 17.3. The van der Waals surface area contributed by atoms with Crippen LogP contribution in [0.4, 0.5) is 0 Å². The van der Waals surface area contributed by atoms with Crippen LogP contribution in [0.1, 0.15) is 52.4 Å². The molecule has 15 heteroatoms. The summed E-state index contributed by atoms with van der Waals surface area (Å²) in [5.74, 6) is -3.70. The second kappa shape index (κ2) is 18.2. The summed E-state index contributed by atoms with van der Waals surface area (Å²) in [5.41, 5.74) is 21.6. The van der Waals surface area contributed by atoms with Crippen LogP contribution < -0.4 is 38.9 Å². The van der Waals surface area contributed by atoms with Gasteiger partial charge in [0.05, 0.1) is 6.04 Å². The summed E-state index contributed by atoms with van der Waals surface area (Å²) in [4.78, 5) is 65.2. The molecule has 5 unspecified atom stereocenters. The van der Waals surface area contributed by atoms with Gasteiger partial charge in [-0.25, -0.2) is 4.79 Å². The molecule has 14 nitrogen and oxygen atoms in total. The topological polar surface area (TPSA) is 258 Å². The maximum Gasteiger partial charge on any atom is 0.326 e. The van der Waals surface area contributed by atoms with Crippen LogP contribution in [-0.2, 0) is 24.0 Å². The molecular weight excluding hydrogens is 504 g/mol. The van der Waals surface area contributed by atoms with Gasteiger partial charge in [0.2, 0.25) is 23.6 Å². The normalized spacial score (nSPS) is 14.8. The second-order valence-corrected chi connectivity index (χ2v) is 9.66. The third-order valence-electron chi connectivity index (χ3n) is 5.64. The molecule has 0 radical (unpaired) electrons. The molecule has 12 N–H and O–H groups in total. The van der Waals surface area contributed by atoms with Crippen molar-refractivity contribution < 1.29 is 29.1 Å². The average molecular weight is 547 g/mol. The van der Waals surface area contributed by atoms with E-state index in [2.05, 4.69) is 20.9 Å². The van der Waals surface area contributed by atoms with Crippen molar-refractivity contribution in [1.29, 1.82) is 0 Å². The first-order valence-electron chi connectivity index (χ1n) is 12.1. The van der Waals surface area contributed by atoms with Gasteiger partial charge in [-0.2, -0.15) is 11.8 Å². The minimum Gasteiger partial charge on any atom is -0.480 e. The quantitative estimate of drug-likeness (QED) is 0.0500. The highest BCUT2D eigenvalue weighted by Gasteiger charge is 2.31. The number of nitrogens with two attached hydrogens (primary N) is 4. The third-order valence-corrected chi connectivity index (χ3v) is 6.28. The molecule has 212 valence electrons. The Morgan fingerprint density at radius 2 is 1.49 bits per heavy atom. The Hall–Kier alpha value is -3.07. The molecule has 0 aliphatic carbocycles. The number of nitrogens with zero attached hydrogens (tertiary/aromatic N) is 1. The van der Waals surface area contributed by atoms with Gasteiger partial charge in [-0.3, -0.25) is 24.2 Å². The number of thioether (sulfide) groups is 1. The number of carboxylic acid groups (broad SMARTS) is 1. The molecule has 0 aromatic rings. The number of amides is 4. The number of rotatable bonds is 19. The van der Waals surface area contributed by atoms with E-state index in [4.69, 9.17) is 22.9 Å². The van der Waals surface area contributed by atoms with Gasteiger partial charge in [-0.15, -0.1) is 0 Å². The van der Waals surface area contributed by atoms with Crippen LogP contribution in [0.3, 0.4) is 0 Å². The molecular formula is C22H42N8O6S. The number of nitrogens with one attached hydrogen (secondary N) is 3. The Morgan fingerprint density at radius 1 is 0.919 bits per heavy atom. The van der Waals surface area contributed by atoms with Crippen LogP contribution in [-0.4, -0.2) is 83.4 Å². The number of carboxylic acids is 1. The number of hydrogen-bond donors (Lipinski definition) is 8. The number of aliphatic carboxylic acids is 1. The fourth-order valence-corrected chi connectivity index (χ4v) is 3.67. The van der Waals surface area contributed by atoms with E-state index in [1.165, 1.54) is 11.8 Å². The maximum absolute atomic E-state index is 13.2. The molecule has 0 aromatic carbocycles. The number of primary amides is 1. The molecule has 4 amide bonds. The van der Waals surface area contributed by atoms with Gasteiger partial charge in [-0.1, -0.05) is 20.3 Å². The zero-order valence-corrected chi connectivity index (χ0v) is 22.5. The van der Waals surface area contributed by atoms with Crippen molar-refractivity contribution >= 4 is 47.3 Å². The van der Waals surface area contributed by atoms with Crippen LogP contribution >= 0.6 is 11.8 Å². The lowest BCUT2D eigenvalue weighted by Crippen LogP contribution is -2.57. The van der Waals surface area contributed by atoms with Crippen LogP contribution in [0.2, 0.25) is 0 Å². The molecule has 0 bridgehead atoms. The van der Waals surface area contributed by atoms with E-state index in [-0.39, 0.29) is 44.1 Å². The zero-order valence-electron chi connectivity index (χ0n) is 21.7. The van der Waals surface area contributed by atoms with Crippen LogP contribution in [0.5, 0.6) is 0 Å². The van der Waals surface area contributed by atoms with E-state index >= 15 is 0 Å². The lowest BCUT2D eigenvalue weighted by Gasteiger charge is -2.26. The van der Waals surface area contributed by atoms with Crippen molar-refractivity contribution in [2.45, 2.75) is 76.5 Å². The number of carbonyl (C=O) groups is 5. The first-order valence-corrected chi connectivity index (χ1v) is 13.4. The largest absolute Gasteiger partial charge is 0.480 e. The molecule has 0 rings (SSSR count). The Labute approximate surface area is 221 Å². The standard InChI is InChI=1S/C22H42N8O6S/c1-4-12(2)17(21(35)36)30-20(34)15(9-11-37-3)29-19(33)14(6-5-10-27-22(25)26)28-18(32)13(23)7-8-16(24)31/h12-15,17H,4-11,23H2,1-3H3,(H2,24,31)(H,28,32)(H,29,33)(H,30,34)(H,35,36)(H4,25,26,27). The van der Waals surface area contributed by atoms with Crippen LogP contribution in [0, 0.1) is 5.92 Å². The molecule has 0 aromatic heterocycles. The summed E-state index contributed by atoms with van der Waals surface area (Å²) < 4.78 is 0. The Bertz CT molecular complexity index is 808. The van der Waals surface area contributed by atoms with Gasteiger partial charge in [-0.05, 0) is 43.6 Å². The molecule has 0 saturated carbocycles.